The highest BCUT2D eigenvalue weighted by molar-refractivity contribution is 8.00. The lowest BCUT2D eigenvalue weighted by Crippen LogP contribution is -2.67. The lowest BCUT2D eigenvalue weighted by molar-refractivity contribution is -0.157. The van der Waals surface area contributed by atoms with Gasteiger partial charge in [0.15, 0.2) is 0 Å². The predicted octanol–water partition coefficient (Wildman–Crippen LogP) is 1.72. The number of fused-ring (bicyclic) bond motifs is 1. The maximum Gasteiger partial charge on any atom is 0.355 e. The third-order valence-corrected chi connectivity index (χ3v) is 4.97. The fraction of sp³-hybridized carbons (Fsp3) is 0.533. The molecule has 0 aliphatic carbocycles. The SMILES string of the molecule is CC1=C(C(=O)OC(C)(C)C)N2C(=O)C(Nc3ncc[nH]3)[C@H]2SC1. The lowest BCUT2D eigenvalue weighted by atomic mass is 10.0. The van der Waals surface area contributed by atoms with Crippen LogP contribution >= 0.6 is 11.8 Å². The molecule has 0 radical (unpaired) electrons. The fourth-order valence-corrected chi connectivity index (χ4v) is 3.87. The maximum atomic E-state index is 12.5. The van der Waals surface area contributed by atoms with Crippen LogP contribution in [0.1, 0.15) is 27.7 Å². The first-order valence-corrected chi connectivity index (χ1v) is 8.46. The molecule has 124 valence electrons. The van der Waals surface area contributed by atoms with E-state index in [1.54, 1.807) is 24.2 Å². The number of aromatic nitrogens is 2. The second-order valence-corrected chi connectivity index (χ2v) is 7.71. The Hall–Kier alpha value is -1.96. The average molecular weight is 336 g/mol. The van der Waals surface area contributed by atoms with Gasteiger partial charge in [-0.25, -0.2) is 9.78 Å². The average Bonchev–Trinajstić information content (AvgIpc) is 2.95. The molecule has 2 N–H and O–H groups in total. The molecule has 23 heavy (non-hydrogen) atoms. The van der Waals surface area contributed by atoms with E-state index in [0.717, 1.165) is 5.57 Å². The number of anilines is 1. The number of thioether (sulfide) groups is 1. The molecular weight excluding hydrogens is 316 g/mol. The van der Waals surface area contributed by atoms with Crippen molar-refractivity contribution in [2.24, 2.45) is 0 Å². The summed E-state index contributed by atoms with van der Waals surface area (Å²) in [5.74, 6) is 0.664. The third kappa shape index (κ3) is 2.95. The maximum absolute atomic E-state index is 12.5. The number of nitrogens with one attached hydrogen (secondary N) is 2. The number of β-lactam (4-membered cyclic amide) rings is 1. The van der Waals surface area contributed by atoms with Crippen molar-refractivity contribution in [2.75, 3.05) is 11.1 Å². The first-order chi connectivity index (χ1) is 10.8. The van der Waals surface area contributed by atoms with Crippen molar-refractivity contribution in [2.45, 2.75) is 44.7 Å². The van der Waals surface area contributed by atoms with E-state index >= 15 is 0 Å². The van der Waals surface area contributed by atoms with Crippen LogP contribution in [0.3, 0.4) is 0 Å². The number of hydrogen-bond donors (Lipinski definition) is 2. The highest BCUT2D eigenvalue weighted by Gasteiger charge is 2.53. The zero-order chi connectivity index (χ0) is 16.8. The second kappa shape index (κ2) is 5.59. The summed E-state index contributed by atoms with van der Waals surface area (Å²) >= 11 is 1.63. The summed E-state index contributed by atoms with van der Waals surface area (Å²) in [5, 5.41) is 2.95. The van der Waals surface area contributed by atoms with Gasteiger partial charge in [-0.1, -0.05) is 0 Å². The molecule has 3 heterocycles. The van der Waals surface area contributed by atoms with Gasteiger partial charge >= 0.3 is 5.97 Å². The molecule has 7 nitrogen and oxygen atoms in total. The fourth-order valence-electron chi connectivity index (χ4n) is 2.58. The number of imidazole rings is 1. The molecule has 1 amide bonds. The van der Waals surface area contributed by atoms with Crippen molar-refractivity contribution in [3.63, 3.8) is 0 Å². The molecule has 0 bridgehead atoms. The van der Waals surface area contributed by atoms with Crippen LogP contribution in [0, 0.1) is 0 Å². The zero-order valence-electron chi connectivity index (χ0n) is 13.5. The molecule has 1 unspecified atom stereocenters. The number of ether oxygens (including phenoxy) is 1. The van der Waals surface area contributed by atoms with Gasteiger partial charge in [0.05, 0.1) is 0 Å². The van der Waals surface area contributed by atoms with Crippen LogP contribution < -0.4 is 5.32 Å². The van der Waals surface area contributed by atoms with Gasteiger partial charge in [-0.2, -0.15) is 0 Å². The minimum Gasteiger partial charge on any atom is -0.455 e. The van der Waals surface area contributed by atoms with Gasteiger partial charge in [0.2, 0.25) is 5.95 Å². The number of aromatic amines is 1. The molecular formula is C15H20N4O3S. The van der Waals surface area contributed by atoms with Crippen LogP contribution in [-0.4, -0.2) is 49.5 Å². The third-order valence-electron chi connectivity index (χ3n) is 3.54. The van der Waals surface area contributed by atoms with Crippen molar-refractivity contribution in [1.82, 2.24) is 14.9 Å². The van der Waals surface area contributed by atoms with Gasteiger partial charge in [-0.3, -0.25) is 9.69 Å². The number of rotatable bonds is 3. The number of hydrogen-bond acceptors (Lipinski definition) is 6. The largest absolute Gasteiger partial charge is 0.455 e. The van der Waals surface area contributed by atoms with Crippen molar-refractivity contribution >= 4 is 29.6 Å². The first kappa shape index (κ1) is 15.9. The Morgan fingerprint density at radius 3 is 2.87 bits per heavy atom. The van der Waals surface area contributed by atoms with Crippen molar-refractivity contribution < 1.29 is 14.3 Å². The molecule has 0 saturated carbocycles. The molecule has 0 spiro atoms. The summed E-state index contributed by atoms with van der Waals surface area (Å²) in [6.45, 7) is 7.31. The number of H-pyrrole nitrogens is 1. The molecule has 2 atom stereocenters. The number of esters is 1. The van der Waals surface area contributed by atoms with Gasteiger partial charge in [0.25, 0.3) is 5.91 Å². The minimum absolute atomic E-state index is 0.126. The molecule has 2 aliphatic heterocycles. The van der Waals surface area contributed by atoms with Crippen molar-refractivity contribution in [3.8, 4) is 0 Å². The standard InChI is InChI=1S/C15H20N4O3S/c1-8-7-23-12-9(18-14-16-5-6-17-14)11(20)19(12)10(8)13(21)22-15(2,3)4/h5-6,9,12H,7H2,1-4H3,(H2,16,17,18)/t9?,12-/m1/s1. The molecule has 0 aromatic carbocycles. The van der Waals surface area contributed by atoms with Crippen LogP contribution in [-0.2, 0) is 14.3 Å². The van der Waals surface area contributed by atoms with Crippen molar-refractivity contribution in [3.05, 3.63) is 23.7 Å². The number of carbonyl (C=O) groups is 2. The lowest BCUT2D eigenvalue weighted by Gasteiger charge is -2.49. The minimum atomic E-state index is -0.593. The Balaban J connectivity index is 1.78. The summed E-state index contributed by atoms with van der Waals surface area (Å²) in [5.41, 5.74) is 0.654. The van der Waals surface area contributed by atoms with Crippen molar-refractivity contribution in [1.29, 1.82) is 0 Å². The van der Waals surface area contributed by atoms with Gasteiger partial charge in [-0.15, -0.1) is 11.8 Å². The molecule has 2 aliphatic rings. The second-order valence-electron chi connectivity index (χ2n) is 6.60. The normalized spacial score (nSPS) is 24.2. The van der Waals surface area contributed by atoms with E-state index < -0.39 is 17.6 Å². The molecule has 1 fully saturated rings. The Labute approximate surface area is 138 Å². The van der Waals surface area contributed by atoms with Crippen LogP contribution in [0.2, 0.25) is 0 Å². The molecule has 1 saturated heterocycles. The Kier molecular flexibility index (Phi) is 3.87. The van der Waals surface area contributed by atoms with Crippen LogP contribution in [0.25, 0.3) is 0 Å². The Morgan fingerprint density at radius 2 is 2.26 bits per heavy atom. The van der Waals surface area contributed by atoms with Crippen LogP contribution in [0.15, 0.2) is 23.7 Å². The van der Waals surface area contributed by atoms with E-state index in [-0.39, 0.29) is 11.3 Å². The summed E-state index contributed by atoms with van der Waals surface area (Å²) in [6.07, 6.45) is 3.31. The quantitative estimate of drug-likeness (QED) is 0.645. The number of nitrogens with zero attached hydrogens (tertiary/aromatic N) is 2. The number of amides is 1. The number of carbonyl (C=O) groups excluding carboxylic acids is 2. The Morgan fingerprint density at radius 1 is 1.52 bits per heavy atom. The molecule has 3 rings (SSSR count). The molecule has 1 aromatic heterocycles. The summed E-state index contributed by atoms with van der Waals surface area (Å²) in [6, 6.07) is -0.392. The van der Waals surface area contributed by atoms with E-state index in [4.69, 9.17) is 4.74 Å². The highest BCUT2D eigenvalue weighted by atomic mass is 32.2. The first-order valence-electron chi connectivity index (χ1n) is 7.41. The van der Waals surface area contributed by atoms with E-state index in [0.29, 0.717) is 17.4 Å². The summed E-state index contributed by atoms with van der Waals surface area (Å²) in [7, 11) is 0. The van der Waals surface area contributed by atoms with E-state index in [1.807, 2.05) is 27.7 Å². The smallest absolute Gasteiger partial charge is 0.355 e. The molecule has 8 heteroatoms. The van der Waals surface area contributed by atoms with Gasteiger partial charge in [0.1, 0.15) is 22.7 Å². The van der Waals surface area contributed by atoms with Gasteiger partial charge < -0.3 is 15.0 Å². The van der Waals surface area contributed by atoms with E-state index in [1.165, 1.54) is 4.90 Å². The predicted molar refractivity (Wildman–Crippen MR) is 87.6 cm³/mol. The van der Waals surface area contributed by atoms with E-state index in [9.17, 15) is 9.59 Å². The Bertz CT molecular complexity index is 663. The molecule has 1 aromatic rings. The van der Waals surface area contributed by atoms with Gasteiger partial charge in [0, 0.05) is 18.1 Å². The monoisotopic (exact) mass is 336 g/mol. The van der Waals surface area contributed by atoms with E-state index in [2.05, 4.69) is 15.3 Å². The van der Waals surface area contributed by atoms with Gasteiger partial charge in [-0.05, 0) is 33.3 Å². The zero-order valence-corrected chi connectivity index (χ0v) is 14.4. The summed E-state index contributed by atoms with van der Waals surface area (Å²) in [4.78, 5) is 33.5. The van der Waals surface area contributed by atoms with Crippen LogP contribution in [0.4, 0.5) is 5.95 Å². The highest BCUT2D eigenvalue weighted by Crippen LogP contribution is 2.41. The van der Waals surface area contributed by atoms with Crippen LogP contribution in [0.5, 0.6) is 0 Å². The summed E-state index contributed by atoms with van der Waals surface area (Å²) < 4.78 is 5.45. The topological polar surface area (TPSA) is 87.3 Å².